The van der Waals surface area contributed by atoms with Crippen molar-refractivity contribution in [2.75, 3.05) is 0 Å². The Labute approximate surface area is 117 Å². The van der Waals surface area contributed by atoms with Gasteiger partial charge in [-0.2, -0.15) is 0 Å². The van der Waals surface area contributed by atoms with Gasteiger partial charge in [-0.05, 0) is 50.8 Å². The van der Waals surface area contributed by atoms with Crippen LogP contribution in [0.15, 0.2) is 13.6 Å². The van der Waals surface area contributed by atoms with Crippen LogP contribution in [0.5, 0.6) is 0 Å². The van der Waals surface area contributed by atoms with E-state index in [1.165, 1.54) is 25.7 Å². The molecule has 1 saturated carbocycles. The number of carbonyl (C=O) groups is 1. The Hall–Kier alpha value is 0.330. The van der Waals surface area contributed by atoms with Crippen molar-refractivity contribution in [2.45, 2.75) is 38.5 Å². The third kappa shape index (κ3) is 2.96. The number of carbonyl (C=O) groups excluding carboxylic acids is 1. The summed E-state index contributed by atoms with van der Waals surface area (Å²) >= 11 is 8.48. The fourth-order valence-corrected chi connectivity index (χ4v) is 5.09. The van der Waals surface area contributed by atoms with Crippen molar-refractivity contribution in [3.05, 3.63) is 19.2 Å². The third-order valence-electron chi connectivity index (χ3n) is 3.15. The standard InChI is InChI=1S/C12H14Br2OS/c13-10-7-9(12(14)16-10)11(15)8-5-3-1-2-4-6-8/h7-8H,1-6H2. The fourth-order valence-electron chi connectivity index (χ4n) is 2.27. The number of hydrogen-bond donors (Lipinski definition) is 0. The van der Waals surface area contributed by atoms with Crippen LogP contribution >= 0.6 is 43.2 Å². The summed E-state index contributed by atoms with van der Waals surface area (Å²) < 4.78 is 1.99. The molecule has 1 aliphatic rings. The van der Waals surface area contributed by atoms with Crippen molar-refractivity contribution in [1.29, 1.82) is 0 Å². The van der Waals surface area contributed by atoms with Crippen LogP contribution in [0.4, 0.5) is 0 Å². The zero-order chi connectivity index (χ0) is 11.5. The normalized spacial score (nSPS) is 18.4. The molecule has 88 valence electrons. The van der Waals surface area contributed by atoms with Crippen LogP contribution in [-0.2, 0) is 0 Å². The maximum absolute atomic E-state index is 12.3. The highest BCUT2D eigenvalue weighted by Gasteiger charge is 2.24. The van der Waals surface area contributed by atoms with E-state index in [-0.39, 0.29) is 5.92 Å². The number of thiophene rings is 1. The van der Waals surface area contributed by atoms with Gasteiger partial charge in [0.05, 0.1) is 7.57 Å². The lowest BCUT2D eigenvalue weighted by molar-refractivity contribution is 0.0907. The van der Waals surface area contributed by atoms with Gasteiger partial charge in [0, 0.05) is 11.5 Å². The monoisotopic (exact) mass is 364 g/mol. The molecule has 0 unspecified atom stereocenters. The summed E-state index contributed by atoms with van der Waals surface area (Å²) in [4.78, 5) is 12.3. The second-order valence-electron chi connectivity index (χ2n) is 4.29. The van der Waals surface area contributed by atoms with Gasteiger partial charge in [0.25, 0.3) is 0 Å². The predicted octanol–water partition coefficient (Wildman–Crippen LogP) is 5.43. The van der Waals surface area contributed by atoms with Gasteiger partial charge in [0.15, 0.2) is 5.78 Å². The highest BCUT2D eigenvalue weighted by atomic mass is 79.9. The van der Waals surface area contributed by atoms with E-state index in [4.69, 9.17) is 0 Å². The molecule has 0 aliphatic heterocycles. The van der Waals surface area contributed by atoms with Crippen LogP contribution < -0.4 is 0 Å². The number of hydrogen-bond acceptors (Lipinski definition) is 2. The molecule has 0 radical (unpaired) electrons. The zero-order valence-corrected chi connectivity index (χ0v) is 13.0. The van der Waals surface area contributed by atoms with Gasteiger partial charge in [0.1, 0.15) is 0 Å². The Bertz CT molecular complexity index is 378. The maximum atomic E-state index is 12.3. The van der Waals surface area contributed by atoms with E-state index < -0.39 is 0 Å². The summed E-state index contributed by atoms with van der Waals surface area (Å²) in [6, 6.07) is 1.95. The van der Waals surface area contributed by atoms with E-state index in [1.54, 1.807) is 11.3 Å². The molecule has 0 aromatic carbocycles. The molecule has 0 saturated heterocycles. The van der Waals surface area contributed by atoms with E-state index in [0.717, 1.165) is 26.0 Å². The summed E-state index contributed by atoms with van der Waals surface area (Å²) in [5.41, 5.74) is 0.865. The highest BCUT2D eigenvalue weighted by molar-refractivity contribution is 9.12. The number of halogens is 2. The molecule has 1 aromatic heterocycles. The van der Waals surface area contributed by atoms with Crippen molar-refractivity contribution in [3.63, 3.8) is 0 Å². The summed E-state index contributed by atoms with van der Waals surface area (Å²) in [7, 11) is 0. The molecular weight excluding hydrogens is 352 g/mol. The molecule has 0 bridgehead atoms. The molecule has 1 nitrogen and oxygen atoms in total. The minimum atomic E-state index is 0.250. The van der Waals surface area contributed by atoms with Gasteiger partial charge in [-0.1, -0.05) is 25.7 Å². The van der Waals surface area contributed by atoms with Crippen LogP contribution in [0.25, 0.3) is 0 Å². The first-order valence-corrected chi connectivity index (χ1v) is 8.08. The first kappa shape index (κ1) is 12.8. The second-order valence-corrected chi connectivity index (χ2v) is 8.04. The molecule has 1 heterocycles. The largest absolute Gasteiger partial charge is 0.294 e. The van der Waals surface area contributed by atoms with E-state index in [9.17, 15) is 4.79 Å². The van der Waals surface area contributed by atoms with E-state index >= 15 is 0 Å². The Morgan fingerprint density at radius 1 is 1.19 bits per heavy atom. The highest BCUT2D eigenvalue weighted by Crippen LogP contribution is 2.35. The molecule has 0 amide bonds. The number of ketones is 1. The third-order valence-corrected chi connectivity index (χ3v) is 5.49. The molecule has 0 spiro atoms. The molecule has 1 aliphatic carbocycles. The van der Waals surface area contributed by atoms with Crippen molar-refractivity contribution >= 4 is 49.0 Å². The molecule has 4 heteroatoms. The summed E-state index contributed by atoms with van der Waals surface area (Å²) in [5.74, 6) is 0.580. The average molecular weight is 366 g/mol. The molecule has 0 atom stereocenters. The smallest absolute Gasteiger partial charge is 0.167 e. The van der Waals surface area contributed by atoms with Crippen LogP contribution in [0.3, 0.4) is 0 Å². The van der Waals surface area contributed by atoms with Gasteiger partial charge in [-0.25, -0.2) is 0 Å². The van der Waals surface area contributed by atoms with E-state index in [2.05, 4.69) is 31.9 Å². The van der Waals surface area contributed by atoms with Crippen molar-refractivity contribution in [2.24, 2.45) is 5.92 Å². The van der Waals surface area contributed by atoms with Crippen LogP contribution in [0, 0.1) is 5.92 Å². The van der Waals surface area contributed by atoms with Crippen molar-refractivity contribution < 1.29 is 4.79 Å². The summed E-state index contributed by atoms with van der Waals surface area (Å²) in [6.45, 7) is 0. The van der Waals surface area contributed by atoms with Crippen LogP contribution in [0.2, 0.25) is 0 Å². The quantitative estimate of drug-likeness (QED) is 0.504. The topological polar surface area (TPSA) is 17.1 Å². The summed E-state index contributed by atoms with van der Waals surface area (Å²) in [6.07, 6.45) is 7.13. The minimum absolute atomic E-state index is 0.250. The molecule has 2 rings (SSSR count). The van der Waals surface area contributed by atoms with Gasteiger partial charge in [0.2, 0.25) is 0 Å². The van der Waals surface area contributed by atoms with Crippen molar-refractivity contribution in [1.82, 2.24) is 0 Å². The first-order chi connectivity index (χ1) is 7.68. The minimum Gasteiger partial charge on any atom is -0.294 e. The Kier molecular flexibility index (Phi) is 4.62. The fraction of sp³-hybridized carbons (Fsp3) is 0.583. The lowest BCUT2D eigenvalue weighted by Crippen LogP contribution is -2.13. The van der Waals surface area contributed by atoms with Crippen LogP contribution in [0.1, 0.15) is 48.9 Å². The van der Waals surface area contributed by atoms with E-state index in [0.29, 0.717) is 5.78 Å². The predicted molar refractivity (Wildman–Crippen MR) is 75.2 cm³/mol. The van der Waals surface area contributed by atoms with Gasteiger partial charge in [-0.15, -0.1) is 11.3 Å². The van der Waals surface area contributed by atoms with Gasteiger partial charge in [-0.3, -0.25) is 4.79 Å². The average Bonchev–Trinajstić information content (AvgIpc) is 2.49. The van der Waals surface area contributed by atoms with Gasteiger partial charge < -0.3 is 0 Å². The zero-order valence-electron chi connectivity index (χ0n) is 8.97. The van der Waals surface area contributed by atoms with Crippen molar-refractivity contribution in [3.8, 4) is 0 Å². The van der Waals surface area contributed by atoms with Crippen LogP contribution in [-0.4, -0.2) is 5.78 Å². The maximum Gasteiger partial charge on any atom is 0.167 e. The molecule has 16 heavy (non-hydrogen) atoms. The molecule has 1 aromatic rings. The summed E-state index contributed by atoms with van der Waals surface area (Å²) in [5, 5.41) is 0. The molecular formula is C12H14Br2OS. The van der Waals surface area contributed by atoms with Gasteiger partial charge >= 0.3 is 0 Å². The molecule has 1 fully saturated rings. The number of Topliss-reactive ketones (excluding diaryl/α,β-unsaturated/α-hetero) is 1. The lowest BCUT2D eigenvalue weighted by Gasteiger charge is -2.11. The first-order valence-electron chi connectivity index (χ1n) is 5.67. The Morgan fingerprint density at radius 2 is 1.81 bits per heavy atom. The second kappa shape index (κ2) is 5.78. The lowest BCUT2D eigenvalue weighted by atomic mass is 9.92. The molecule has 0 N–H and O–H groups in total. The number of rotatable bonds is 2. The Morgan fingerprint density at radius 3 is 2.31 bits per heavy atom. The Balaban J connectivity index is 2.14. The van der Waals surface area contributed by atoms with E-state index in [1.807, 2.05) is 6.07 Å². The SMILES string of the molecule is O=C(c1cc(Br)sc1Br)C1CCCCCC1.